The quantitative estimate of drug-likeness (QED) is 0.833. The van der Waals surface area contributed by atoms with Crippen LogP contribution in [-0.2, 0) is 18.2 Å². The summed E-state index contributed by atoms with van der Waals surface area (Å²) in [6.45, 7) is 4.18. The van der Waals surface area contributed by atoms with Gasteiger partial charge in [-0.1, -0.05) is 0 Å². The van der Waals surface area contributed by atoms with Gasteiger partial charge in [0.1, 0.15) is 6.26 Å². The fourth-order valence-electron chi connectivity index (χ4n) is 4.04. The largest absolute Gasteiger partial charge is 0.472 e. The fraction of sp³-hybridized carbons (Fsp3) is 0.556. The summed E-state index contributed by atoms with van der Waals surface area (Å²) in [4.78, 5) is 17.4. The highest BCUT2D eigenvalue weighted by Gasteiger charge is 2.41. The van der Waals surface area contributed by atoms with Gasteiger partial charge in [-0.3, -0.25) is 14.4 Å². The standard InChI is InChI=1S/C18H24N4O3/c1-20-12-14(11-19-20)10-17-16(21-5-8-24-9-6-21)2-4-22(17)18(23)15-3-7-25-13-15/h3,7,11-13,16-17H,2,4-6,8-10H2,1H3/t16-,17+/m0/s1. The van der Waals surface area contributed by atoms with Crippen molar-refractivity contribution in [1.82, 2.24) is 19.6 Å². The number of carbonyl (C=O) groups excluding carboxylic acids is 1. The third kappa shape index (κ3) is 3.34. The molecule has 1 amide bonds. The van der Waals surface area contributed by atoms with Crippen LogP contribution in [0.4, 0.5) is 0 Å². The highest BCUT2D eigenvalue weighted by molar-refractivity contribution is 5.94. The Morgan fingerprint density at radius 3 is 2.84 bits per heavy atom. The summed E-state index contributed by atoms with van der Waals surface area (Å²) in [7, 11) is 1.92. The minimum Gasteiger partial charge on any atom is -0.472 e. The number of likely N-dealkylation sites (tertiary alicyclic amines) is 1. The first kappa shape index (κ1) is 16.4. The molecule has 0 spiro atoms. The van der Waals surface area contributed by atoms with Crippen LogP contribution in [0.25, 0.3) is 0 Å². The van der Waals surface area contributed by atoms with Gasteiger partial charge in [0, 0.05) is 38.9 Å². The van der Waals surface area contributed by atoms with E-state index in [4.69, 9.17) is 9.15 Å². The molecule has 25 heavy (non-hydrogen) atoms. The summed E-state index contributed by atoms with van der Waals surface area (Å²) in [5.41, 5.74) is 1.79. The topological polar surface area (TPSA) is 63.7 Å². The second-order valence-corrected chi connectivity index (χ2v) is 6.81. The van der Waals surface area contributed by atoms with E-state index in [0.717, 1.165) is 51.3 Å². The van der Waals surface area contributed by atoms with Crippen molar-refractivity contribution in [2.24, 2.45) is 7.05 Å². The van der Waals surface area contributed by atoms with Gasteiger partial charge in [-0.15, -0.1) is 0 Å². The van der Waals surface area contributed by atoms with Gasteiger partial charge in [-0.25, -0.2) is 0 Å². The lowest BCUT2D eigenvalue weighted by Gasteiger charge is -2.37. The molecule has 7 heteroatoms. The number of aryl methyl sites for hydroxylation is 1. The Hall–Kier alpha value is -2.12. The predicted octanol–water partition coefficient (Wildman–Crippen LogP) is 1.17. The molecule has 2 aromatic heterocycles. The van der Waals surface area contributed by atoms with Crippen molar-refractivity contribution in [2.75, 3.05) is 32.8 Å². The van der Waals surface area contributed by atoms with Crippen LogP contribution in [0.1, 0.15) is 22.3 Å². The molecule has 2 fully saturated rings. The Kier molecular flexibility index (Phi) is 4.59. The number of nitrogens with zero attached hydrogens (tertiary/aromatic N) is 4. The zero-order valence-electron chi connectivity index (χ0n) is 14.5. The molecule has 2 aromatic rings. The molecule has 0 bridgehead atoms. The van der Waals surface area contributed by atoms with E-state index < -0.39 is 0 Å². The minimum absolute atomic E-state index is 0.0541. The van der Waals surface area contributed by atoms with E-state index in [1.165, 1.54) is 6.26 Å². The van der Waals surface area contributed by atoms with Gasteiger partial charge in [0.25, 0.3) is 5.91 Å². The third-order valence-corrected chi connectivity index (χ3v) is 5.26. The second kappa shape index (κ2) is 7.01. The number of carbonyl (C=O) groups is 1. The molecule has 4 heterocycles. The van der Waals surface area contributed by atoms with Crippen molar-refractivity contribution in [3.8, 4) is 0 Å². The first-order valence-electron chi connectivity index (χ1n) is 8.85. The zero-order chi connectivity index (χ0) is 17.2. The first-order valence-corrected chi connectivity index (χ1v) is 8.85. The Bertz CT molecular complexity index is 706. The summed E-state index contributed by atoms with van der Waals surface area (Å²) >= 11 is 0. The van der Waals surface area contributed by atoms with E-state index in [1.807, 2.05) is 29.0 Å². The van der Waals surface area contributed by atoms with Crippen LogP contribution in [0, 0.1) is 0 Å². The van der Waals surface area contributed by atoms with Crippen LogP contribution >= 0.6 is 0 Å². The van der Waals surface area contributed by atoms with Gasteiger partial charge >= 0.3 is 0 Å². The average Bonchev–Trinajstić information content (AvgIpc) is 3.37. The smallest absolute Gasteiger partial charge is 0.257 e. The number of amides is 1. The fourth-order valence-corrected chi connectivity index (χ4v) is 4.04. The Labute approximate surface area is 147 Å². The molecule has 134 valence electrons. The number of hydrogen-bond acceptors (Lipinski definition) is 5. The molecule has 7 nitrogen and oxygen atoms in total. The molecule has 0 aliphatic carbocycles. The lowest BCUT2D eigenvalue weighted by molar-refractivity contribution is 0.00864. The Balaban J connectivity index is 1.57. The van der Waals surface area contributed by atoms with Crippen LogP contribution in [0.15, 0.2) is 35.4 Å². The SMILES string of the molecule is Cn1cc(C[C@@H]2[C@@H](N3CCOCC3)CCN2C(=O)c2ccoc2)cn1. The van der Waals surface area contributed by atoms with Gasteiger partial charge < -0.3 is 14.1 Å². The molecule has 2 aliphatic rings. The number of rotatable bonds is 4. The van der Waals surface area contributed by atoms with E-state index >= 15 is 0 Å². The van der Waals surface area contributed by atoms with Crippen LogP contribution < -0.4 is 0 Å². The predicted molar refractivity (Wildman–Crippen MR) is 91.2 cm³/mol. The summed E-state index contributed by atoms with van der Waals surface area (Å²) in [5.74, 6) is 0.0541. The van der Waals surface area contributed by atoms with Crippen molar-refractivity contribution >= 4 is 5.91 Å². The van der Waals surface area contributed by atoms with Crippen molar-refractivity contribution < 1.29 is 13.9 Å². The van der Waals surface area contributed by atoms with Crippen molar-refractivity contribution in [1.29, 1.82) is 0 Å². The minimum atomic E-state index is 0.0541. The number of furan rings is 1. The molecule has 2 saturated heterocycles. The summed E-state index contributed by atoms with van der Waals surface area (Å²) in [6.07, 6.45) is 8.84. The average molecular weight is 344 g/mol. The number of morpholine rings is 1. The van der Waals surface area contributed by atoms with Crippen LogP contribution in [-0.4, -0.2) is 70.4 Å². The van der Waals surface area contributed by atoms with Crippen molar-refractivity contribution in [3.63, 3.8) is 0 Å². The molecule has 4 rings (SSSR count). The monoisotopic (exact) mass is 344 g/mol. The summed E-state index contributed by atoms with van der Waals surface area (Å²) in [5, 5.41) is 4.28. The van der Waals surface area contributed by atoms with Gasteiger partial charge in [0.2, 0.25) is 0 Å². The van der Waals surface area contributed by atoms with Gasteiger partial charge in [-0.05, 0) is 24.5 Å². The molecule has 2 atom stereocenters. The summed E-state index contributed by atoms with van der Waals surface area (Å²) in [6, 6.07) is 2.25. The highest BCUT2D eigenvalue weighted by Crippen LogP contribution is 2.28. The van der Waals surface area contributed by atoms with Gasteiger partial charge in [-0.2, -0.15) is 5.10 Å². The molecule has 2 aliphatic heterocycles. The van der Waals surface area contributed by atoms with E-state index in [1.54, 1.807) is 12.3 Å². The lowest BCUT2D eigenvalue weighted by atomic mass is 10.00. The zero-order valence-corrected chi connectivity index (χ0v) is 14.5. The maximum absolute atomic E-state index is 12.9. The molecule has 0 unspecified atom stereocenters. The maximum atomic E-state index is 12.9. The van der Waals surface area contributed by atoms with E-state index in [2.05, 4.69) is 10.00 Å². The van der Waals surface area contributed by atoms with Crippen molar-refractivity contribution in [3.05, 3.63) is 42.1 Å². The van der Waals surface area contributed by atoms with Crippen molar-refractivity contribution in [2.45, 2.75) is 24.9 Å². The molecule has 0 N–H and O–H groups in total. The maximum Gasteiger partial charge on any atom is 0.257 e. The second-order valence-electron chi connectivity index (χ2n) is 6.81. The Morgan fingerprint density at radius 1 is 1.32 bits per heavy atom. The van der Waals surface area contributed by atoms with Gasteiger partial charge in [0.05, 0.1) is 37.3 Å². The van der Waals surface area contributed by atoms with E-state index in [0.29, 0.717) is 11.6 Å². The molecular formula is C18H24N4O3. The molecule has 0 radical (unpaired) electrons. The third-order valence-electron chi connectivity index (χ3n) is 5.26. The van der Waals surface area contributed by atoms with Crippen LogP contribution in [0.2, 0.25) is 0 Å². The lowest BCUT2D eigenvalue weighted by Crippen LogP contribution is -2.51. The first-order chi connectivity index (χ1) is 12.2. The Morgan fingerprint density at radius 2 is 2.16 bits per heavy atom. The number of hydrogen-bond donors (Lipinski definition) is 0. The van der Waals surface area contributed by atoms with E-state index in [-0.39, 0.29) is 11.9 Å². The van der Waals surface area contributed by atoms with E-state index in [9.17, 15) is 4.79 Å². The molecule has 0 saturated carbocycles. The summed E-state index contributed by atoms with van der Waals surface area (Å²) < 4.78 is 12.4. The number of ether oxygens (including phenoxy) is 1. The molecule has 0 aromatic carbocycles. The molecular weight excluding hydrogens is 320 g/mol. The van der Waals surface area contributed by atoms with Gasteiger partial charge in [0.15, 0.2) is 0 Å². The highest BCUT2D eigenvalue weighted by atomic mass is 16.5. The normalized spacial score (nSPS) is 24.8. The number of aromatic nitrogens is 2. The van der Waals surface area contributed by atoms with Crippen LogP contribution in [0.3, 0.4) is 0 Å². The van der Waals surface area contributed by atoms with Crippen LogP contribution in [0.5, 0.6) is 0 Å².